The first-order valence-electron chi connectivity index (χ1n) is 7.54. The van der Waals surface area contributed by atoms with Gasteiger partial charge in [0.05, 0.1) is 11.7 Å². The molecule has 4 heteroatoms. The van der Waals surface area contributed by atoms with E-state index in [9.17, 15) is 0 Å². The topological polar surface area (TPSA) is 29.9 Å². The zero-order valence-corrected chi connectivity index (χ0v) is 13.7. The summed E-state index contributed by atoms with van der Waals surface area (Å²) in [5.74, 6) is 2.42. The van der Waals surface area contributed by atoms with Crippen molar-refractivity contribution in [1.29, 1.82) is 0 Å². The molecule has 1 aromatic heterocycles. The summed E-state index contributed by atoms with van der Waals surface area (Å²) >= 11 is 2.03. The van der Waals surface area contributed by atoms with Crippen LogP contribution < -0.4 is 5.32 Å². The van der Waals surface area contributed by atoms with Crippen LogP contribution in [0.2, 0.25) is 0 Å². The molecule has 0 radical (unpaired) electrons. The number of hydrogen-bond acceptors (Lipinski definition) is 3. The maximum absolute atomic E-state index is 4.74. The number of aromatic nitrogens is 2. The van der Waals surface area contributed by atoms with Gasteiger partial charge in [0, 0.05) is 24.4 Å². The van der Waals surface area contributed by atoms with Crippen LogP contribution in [0.3, 0.4) is 0 Å². The van der Waals surface area contributed by atoms with Crippen LogP contribution in [0.1, 0.15) is 51.8 Å². The Morgan fingerprint density at radius 3 is 2.63 bits per heavy atom. The molecule has 19 heavy (non-hydrogen) atoms. The highest BCUT2D eigenvalue weighted by molar-refractivity contribution is 7.99. The first-order chi connectivity index (χ1) is 9.24. The third kappa shape index (κ3) is 5.57. The number of nitrogens with one attached hydrogen (secondary N) is 1. The summed E-state index contributed by atoms with van der Waals surface area (Å²) in [5.41, 5.74) is 1.21. The van der Waals surface area contributed by atoms with Crippen LogP contribution in [-0.4, -0.2) is 34.4 Å². The summed E-state index contributed by atoms with van der Waals surface area (Å²) in [6, 6.07) is 3.26. The molecular formula is C15H29N3S. The van der Waals surface area contributed by atoms with E-state index in [0.717, 1.165) is 19.3 Å². The Morgan fingerprint density at radius 2 is 2.05 bits per heavy atom. The van der Waals surface area contributed by atoms with Crippen LogP contribution in [0.15, 0.2) is 12.3 Å². The van der Waals surface area contributed by atoms with Gasteiger partial charge in [-0.3, -0.25) is 4.68 Å². The smallest absolute Gasteiger partial charge is 0.0640 e. The van der Waals surface area contributed by atoms with Crippen LogP contribution in [0.5, 0.6) is 0 Å². The van der Waals surface area contributed by atoms with Gasteiger partial charge in [0.15, 0.2) is 0 Å². The van der Waals surface area contributed by atoms with Gasteiger partial charge in [0.1, 0.15) is 0 Å². The zero-order valence-electron chi connectivity index (χ0n) is 12.9. The van der Waals surface area contributed by atoms with E-state index in [2.05, 4.69) is 50.1 Å². The number of rotatable bonds is 10. The molecule has 110 valence electrons. The normalized spacial score (nSPS) is 13.1. The molecule has 1 atom stereocenters. The summed E-state index contributed by atoms with van der Waals surface area (Å²) in [5, 5.41) is 8.14. The van der Waals surface area contributed by atoms with E-state index < -0.39 is 0 Å². The van der Waals surface area contributed by atoms with Crippen molar-refractivity contribution < 1.29 is 0 Å². The third-order valence-corrected chi connectivity index (χ3v) is 4.85. The first-order valence-corrected chi connectivity index (χ1v) is 8.69. The van der Waals surface area contributed by atoms with Gasteiger partial charge >= 0.3 is 0 Å². The van der Waals surface area contributed by atoms with E-state index in [0.29, 0.717) is 12.1 Å². The highest BCUT2D eigenvalue weighted by atomic mass is 32.2. The van der Waals surface area contributed by atoms with Crippen LogP contribution >= 0.6 is 11.8 Å². The van der Waals surface area contributed by atoms with Crippen molar-refractivity contribution in [1.82, 2.24) is 15.1 Å². The Hall–Kier alpha value is -0.480. The first kappa shape index (κ1) is 16.6. The lowest BCUT2D eigenvalue weighted by Crippen LogP contribution is -2.30. The van der Waals surface area contributed by atoms with Crippen molar-refractivity contribution in [2.75, 3.05) is 18.6 Å². The van der Waals surface area contributed by atoms with Crippen LogP contribution in [0, 0.1) is 0 Å². The fraction of sp³-hybridized carbons (Fsp3) is 0.800. The molecule has 0 aliphatic rings. The van der Waals surface area contributed by atoms with Crippen molar-refractivity contribution >= 4 is 11.8 Å². The molecule has 1 heterocycles. The number of thioether (sulfide) groups is 1. The van der Waals surface area contributed by atoms with Crippen molar-refractivity contribution in [3.05, 3.63) is 18.0 Å². The van der Waals surface area contributed by atoms with E-state index in [-0.39, 0.29) is 0 Å². The molecule has 1 unspecified atom stereocenters. The number of hydrogen-bond donors (Lipinski definition) is 1. The Kier molecular flexibility index (Phi) is 8.22. The van der Waals surface area contributed by atoms with Crippen LogP contribution in [0.4, 0.5) is 0 Å². The minimum Gasteiger partial charge on any atom is -0.316 e. The fourth-order valence-electron chi connectivity index (χ4n) is 2.22. The summed E-state index contributed by atoms with van der Waals surface area (Å²) < 4.78 is 2.14. The molecule has 1 N–H and O–H groups in total. The standard InChI is InChI=1S/C15H29N3S/c1-5-10-19-12-14(16-4)11-13-8-9-18(17-13)15(6-2)7-3/h8-9,14-16H,5-7,10-12H2,1-4H3. The lowest BCUT2D eigenvalue weighted by Gasteiger charge is -2.15. The van der Waals surface area contributed by atoms with Gasteiger partial charge in [-0.1, -0.05) is 20.8 Å². The molecule has 0 bridgehead atoms. The van der Waals surface area contributed by atoms with Crippen molar-refractivity contribution in [3.8, 4) is 0 Å². The average molecular weight is 283 g/mol. The second-order valence-corrected chi connectivity index (χ2v) is 6.17. The van der Waals surface area contributed by atoms with Crippen LogP contribution in [0.25, 0.3) is 0 Å². The Labute approximate surface area is 122 Å². The zero-order chi connectivity index (χ0) is 14.1. The molecule has 0 amide bonds. The van der Waals surface area contributed by atoms with Gasteiger partial charge in [-0.15, -0.1) is 0 Å². The summed E-state index contributed by atoms with van der Waals surface area (Å²) in [7, 11) is 2.05. The summed E-state index contributed by atoms with van der Waals surface area (Å²) in [6.07, 6.45) is 6.72. The van der Waals surface area contributed by atoms with Gasteiger partial charge in [-0.25, -0.2) is 0 Å². The molecule has 0 aliphatic heterocycles. The average Bonchev–Trinajstić information content (AvgIpc) is 2.88. The van der Waals surface area contributed by atoms with E-state index >= 15 is 0 Å². The second-order valence-electron chi connectivity index (χ2n) is 5.02. The number of likely N-dealkylation sites (N-methyl/N-ethyl adjacent to an activating group) is 1. The molecule has 0 spiro atoms. The highest BCUT2D eigenvalue weighted by Crippen LogP contribution is 2.15. The van der Waals surface area contributed by atoms with Crippen molar-refractivity contribution in [2.45, 2.75) is 58.5 Å². The van der Waals surface area contributed by atoms with Crippen molar-refractivity contribution in [2.24, 2.45) is 0 Å². The minimum atomic E-state index is 0.529. The van der Waals surface area contributed by atoms with Crippen LogP contribution in [-0.2, 0) is 6.42 Å². The largest absolute Gasteiger partial charge is 0.316 e. The molecule has 1 rings (SSSR count). The Morgan fingerprint density at radius 1 is 1.32 bits per heavy atom. The SMILES string of the molecule is CCCSCC(Cc1ccn(C(CC)CC)n1)NC. The molecule has 0 saturated carbocycles. The lowest BCUT2D eigenvalue weighted by atomic mass is 10.2. The quantitative estimate of drug-likeness (QED) is 0.666. The van der Waals surface area contributed by atoms with Gasteiger partial charge < -0.3 is 5.32 Å². The second kappa shape index (κ2) is 9.43. The highest BCUT2D eigenvalue weighted by Gasteiger charge is 2.12. The fourth-order valence-corrected chi connectivity index (χ4v) is 3.24. The maximum atomic E-state index is 4.74. The minimum absolute atomic E-state index is 0.529. The Balaban J connectivity index is 2.50. The third-order valence-electron chi connectivity index (χ3n) is 3.51. The molecule has 0 aromatic carbocycles. The van der Waals surface area contributed by atoms with E-state index in [4.69, 9.17) is 5.10 Å². The lowest BCUT2D eigenvalue weighted by molar-refractivity contribution is 0.424. The van der Waals surface area contributed by atoms with Gasteiger partial charge in [0.25, 0.3) is 0 Å². The van der Waals surface area contributed by atoms with Gasteiger partial charge in [0.2, 0.25) is 0 Å². The molecule has 1 aromatic rings. The molecule has 0 aliphatic carbocycles. The van der Waals surface area contributed by atoms with Crippen molar-refractivity contribution in [3.63, 3.8) is 0 Å². The van der Waals surface area contributed by atoms with E-state index in [1.807, 2.05) is 11.8 Å². The van der Waals surface area contributed by atoms with E-state index in [1.54, 1.807) is 0 Å². The Bertz CT molecular complexity index is 334. The molecule has 0 saturated heterocycles. The number of nitrogens with zero attached hydrogens (tertiary/aromatic N) is 2. The summed E-state index contributed by atoms with van der Waals surface area (Å²) in [4.78, 5) is 0. The van der Waals surface area contributed by atoms with E-state index in [1.165, 1.54) is 23.6 Å². The predicted octanol–water partition coefficient (Wildman–Crippen LogP) is 3.52. The molecular weight excluding hydrogens is 254 g/mol. The molecule has 0 fully saturated rings. The maximum Gasteiger partial charge on any atom is 0.0640 e. The molecule has 3 nitrogen and oxygen atoms in total. The summed E-state index contributed by atoms with van der Waals surface area (Å²) in [6.45, 7) is 6.69. The predicted molar refractivity (Wildman–Crippen MR) is 86.0 cm³/mol. The van der Waals surface area contributed by atoms with Gasteiger partial charge in [-0.2, -0.15) is 16.9 Å². The van der Waals surface area contributed by atoms with Gasteiger partial charge in [-0.05, 0) is 38.1 Å². The monoisotopic (exact) mass is 283 g/mol.